The van der Waals surface area contributed by atoms with Crippen molar-refractivity contribution in [2.45, 2.75) is 13.5 Å². The van der Waals surface area contributed by atoms with Gasteiger partial charge in [0.1, 0.15) is 0 Å². The maximum Gasteiger partial charge on any atom is 0.0702 e. The van der Waals surface area contributed by atoms with Gasteiger partial charge in [0.25, 0.3) is 0 Å². The van der Waals surface area contributed by atoms with Crippen molar-refractivity contribution in [3.63, 3.8) is 0 Å². The van der Waals surface area contributed by atoms with Gasteiger partial charge >= 0.3 is 0 Å². The topological polar surface area (TPSA) is 23.5 Å². The third kappa shape index (κ3) is 2.36. The number of halogens is 1. The Balaban J connectivity index is 3.07. The molecule has 1 N–H and O–H groups in total. The first-order valence-corrected chi connectivity index (χ1v) is 4.67. The summed E-state index contributed by atoms with van der Waals surface area (Å²) < 4.78 is 0. The molecule has 2 nitrogen and oxygen atoms in total. The first-order valence-electron chi connectivity index (χ1n) is 4.29. The molecular formula is C10H14ClNO. The van der Waals surface area contributed by atoms with Crippen LogP contribution in [0.5, 0.6) is 0 Å². The zero-order valence-corrected chi connectivity index (χ0v) is 8.67. The van der Waals surface area contributed by atoms with E-state index in [4.69, 9.17) is 16.7 Å². The molecule has 1 rings (SSSR count). The summed E-state index contributed by atoms with van der Waals surface area (Å²) >= 11 is 5.87. The summed E-state index contributed by atoms with van der Waals surface area (Å²) in [6, 6.07) is 5.51. The molecule has 0 fully saturated rings. The molecule has 13 heavy (non-hydrogen) atoms. The van der Waals surface area contributed by atoms with Crippen LogP contribution in [0, 0.1) is 0 Å². The third-order valence-electron chi connectivity index (χ3n) is 2.10. The van der Waals surface area contributed by atoms with E-state index in [0.717, 1.165) is 17.8 Å². The summed E-state index contributed by atoms with van der Waals surface area (Å²) in [5, 5.41) is 9.79. The summed E-state index contributed by atoms with van der Waals surface area (Å²) in [5.41, 5.74) is 1.91. The number of hydrogen-bond donors (Lipinski definition) is 1. The van der Waals surface area contributed by atoms with Crippen LogP contribution >= 0.6 is 11.6 Å². The van der Waals surface area contributed by atoms with Gasteiger partial charge in [-0.3, -0.25) is 0 Å². The van der Waals surface area contributed by atoms with E-state index in [2.05, 4.69) is 11.8 Å². The Kier molecular flexibility index (Phi) is 3.58. The van der Waals surface area contributed by atoms with E-state index in [9.17, 15) is 0 Å². The molecule has 0 radical (unpaired) electrons. The van der Waals surface area contributed by atoms with Crippen LogP contribution in [0.15, 0.2) is 18.2 Å². The lowest BCUT2D eigenvalue weighted by atomic mass is 10.1. The first-order chi connectivity index (χ1) is 6.19. The molecule has 0 saturated heterocycles. The number of nitrogens with zero attached hydrogens (tertiary/aromatic N) is 1. The van der Waals surface area contributed by atoms with Crippen LogP contribution in [-0.4, -0.2) is 18.7 Å². The first kappa shape index (κ1) is 10.4. The van der Waals surface area contributed by atoms with Crippen LogP contribution in [0.2, 0.25) is 5.02 Å². The molecular weight excluding hydrogens is 186 g/mol. The molecule has 0 atom stereocenters. The van der Waals surface area contributed by atoms with Crippen molar-refractivity contribution in [3.05, 3.63) is 28.8 Å². The Morgan fingerprint density at radius 3 is 2.69 bits per heavy atom. The van der Waals surface area contributed by atoms with Crippen molar-refractivity contribution in [3.8, 4) is 0 Å². The zero-order valence-electron chi connectivity index (χ0n) is 7.92. The van der Waals surface area contributed by atoms with Crippen molar-refractivity contribution in [1.29, 1.82) is 0 Å². The van der Waals surface area contributed by atoms with Gasteiger partial charge < -0.3 is 10.0 Å². The van der Waals surface area contributed by atoms with Gasteiger partial charge in [-0.2, -0.15) is 0 Å². The second kappa shape index (κ2) is 4.49. The second-order valence-corrected chi connectivity index (χ2v) is 3.38. The van der Waals surface area contributed by atoms with E-state index in [1.807, 2.05) is 19.2 Å². The van der Waals surface area contributed by atoms with Crippen LogP contribution < -0.4 is 4.90 Å². The second-order valence-electron chi connectivity index (χ2n) is 2.95. The van der Waals surface area contributed by atoms with E-state index >= 15 is 0 Å². The van der Waals surface area contributed by atoms with E-state index in [0.29, 0.717) is 5.02 Å². The summed E-state index contributed by atoms with van der Waals surface area (Å²) in [4.78, 5) is 2.05. The Bertz CT molecular complexity index is 288. The predicted molar refractivity (Wildman–Crippen MR) is 56.3 cm³/mol. The van der Waals surface area contributed by atoms with Crippen LogP contribution in [0.4, 0.5) is 5.69 Å². The highest BCUT2D eigenvalue weighted by Crippen LogP contribution is 2.23. The van der Waals surface area contributed by atoms with Gasteiger partial charge in [-0.05, 0) is 19.1 Å². The molecule has 3 heteroatoms. The van der Waals surface area contributed by atoms with Crippen molar-refractivity contribution in [2.75, 3.05) is 18.5 Å². The Labute approximate surface area is 83.7 Å². The Hall–Kier alpha value is -0.730. The van der Waals surface area contributed by atoms with Crippen LogP contribution in [0.25, 0.3) is 0 Å². The zero-order chi connectivity index (χ0) is 9.84. The number of anilines is 1. The maximum atomic E-state index is 9.08. The smallest absolute Gasteiger partial charge is 0.0702 e. The Morgan fingerprint density at radius 1 is 1.46 bits per heavy atom. The monoisotopic (exact) mass is 199 g/mol. The van der Waals surface area contributed by atoms with E-state index in [1.165, 1.54) is 0 Å². The van der Waals surface area contributed by atoms with Crippen LogP contribution in [0.1, 0.15) is 12.5 Å². The molecule has 0 aromatic heterocycles. The average molecular weight is 200 g/mol. The fourth-order valence-corrected chi connectivity index (χ4v) is 1.36. The van der Waals surface area contributed by atoms with Gasteiger partial charge in [0.05, 0.1) is 6.61 Å². The molecule has 0 aliphatic rings. The fourth-order valence-electron chi connectivity index (χ4n) is 1.20. The van der Waals surface area contributed by atoms with Gasteiger partial charge in [0, 0.05) is 29.9 Å². The molecule has 0 unspecified atom stereocenters. The summed E-state index contributed by atoms with van der Waals surface area (Å²) in [5.74, 6) is 0. The minimum Gasteiger partial charge on any atom is -0.392 e. The molecule has 0 heterocycles. The lowest BCUT2D eigenvalue weighted by molar-refractivity contribution is 0.282. The molecule has 1 aromatic carbocycles. The van der Waals surface area contributed by atoms with Gasteiger partial charge in [-0.15, -0.1) is 0 Å². The highest BCUT2D eigenvalue weighted by molar-refractivity contribution is 6.30. The molecule has 0 aliphatic carbocycles. The third-order valence-corrected chi connectivity index (χ3v) is 2.34. The lowest BCUT2D eigenvalue weighted by Gasteiger charge is -2.20. The molecule has 0 saturated carbocycles. The predicted octanol–water partition coefficient (Wildman–Crippen LogP) is 2.29. The van der Waals surface area contributed by atoms with Gasteiger partial charge in [-0.25, -0.2) is 0 Å². The minimum absolute atomic E-state index is 0.0524. The average Bonchev–Trinajstić information content (AvgIpc) is 2.16. The fraction of sp³-hybridized carbons (Fsp3) is 0.400. The minimum atomic E-state index is 0.0524. The maximum absolute atomic E-state index is 9.08. The number of aliphatic hydroxyl groups is 1. The Morgan fingerprint density at radius 2 is 2.15 bits per heavy atom. The quantitative estimate of drug-likeness (QED) is 0.808. The van der Waals surface area contributed by atoms with Crippen LogP contribution in [-0.2, 0) is 6.61 Å². The van der Waals surface area contributed by atoms with Crippen molar-refractivity contribution < 1.29 is 5.11 Å². The number of rotatable bonds is 3. The summed E-state index contributed by atoms with van der Waals surface area (Å²) in [6.07, 6.45) is 0. The number of aliphatic hydroxyl groups excluding tert-OH is 1. The number of hydrogen-bond acceptors (Lipinski definition) is 2. The largest absolute Gasteiger partial charge is 0.392 e. The molecule has 72 valence electrons. The number of benzene rings is 1. The van der Waals surface area contributed by atoms with E-state index in [-0.39, 0.29) is 6.61 Å². The normalized spacial score (nSPS) is 10.2. The summed E-state index contributed by atoms with van der Waals surface area (Å²) in [7, 11) is 1.98. The van der Waals surface area contributed by atoms with Crippen molar-refractivity contribution in [1.82, 2.24) is 0 Å². The van der Waals surface area contributed by atoms with Gasteiger partial charge in [0.2, 0.25) is 0 Å². The lowest BCUT2D eigenvalue weighted by Crippen LogP contribution is -2.17. The molecule has 0 amide bonds. The van der Waals surface area contributed by atoms with E-state index < -0.39 is 0 Å². The molecule has 0 bridgehead atoms. The van der Waals surface area contributed by atoms with Crippen LogP contribution in [0.3, 0.4) is 0 Å². The van der Waals surface area contributed by atoms with Crippen molar-refractivity contribution >= 4 is 17.3 Å². The summed E-state index contributed by atoms with van der Waals surface area (Å²) in [6.45, 7) is 3.01. The SMILES string of the molecule is CCN(C)c1cc(Cl)ccc1CO. The van der Waals surface area contributed by atoms with E-state index in [1.54, 1.807) is 6.07 Å². The van der Waals surface area contributed by atoms with Crippen molar-refractivity contribution in [2.24, 2.45) is 0 Å². The highest BCUT2D eigenvalue weighted by Gasteiger charge is 2.05. The van der Waals surface area contributed by atoms with Gasteiger partial charge in [0.15, 0.2) is 0 Å². The standard InChI is InChI=1S/C10H14ClNO/c1-3-12(2)10-6-9(11)5-4-8(10)7-13/h4-6,13H,3,7H2,1-2H3. The molecule has 0 aliphatic heterocycles. The highest BCUT2D eigenvalue weighted by atomic mass is 35.5. The molecule has 1 aromatic rings. The molecule has 0 spiro atoms. The van der Waals surface area contributed by atoms with Gasteiger partial charge in [-0.1, -0.05) is 17.7 Å².